The van der Waals surface area contributed by atoms with Crippen molar-refractivity contribution in [1.29, 1.82) is 0 Å². The molecule has 0 spiro atoms. The first-order chi connectivity index (χ1) is 15.0. The molecule has 1 aromatic carbocycles. The van der Waals surface area contributed by atoms with Gasteiger partial charge in [0.2, 0.25) is 5.89 Å². The summed E-state index contributed by atoms with van der Waals surface area (Å²) < 4.78 is 13.1. The highest BCUT2D eigenvalue weighted by atomic mass is 16.5. The zero-order chi connectivity index (χ0) is 22.0. The summed E-state index contributed by atoms with van der Waals surface area (Å²) in [5, 5.41) is 4.51. The molecule has 4 rings (SSSR count). The lowest BCUT2D eigenvalue weighted by molar-refractivity contribution is 0.0558. The molecule has 0 bridgehead atoms. The lowest BCUT2D eigenvalue weighted by atomic mass is 10.0. The van der Waals surface area contributed by atoms with Crippen LogP contribution in [0.4, 0.5) is 0 Å². The van der Waals surface area contributed by atoms with Gasteiger partial charge >= 0.3 is 0 Å². The minimum atomic E-state index is -0.155. The van der Waals surface area contributed by atoms with Crippen LogP contribution in [-0.2, 0) is 13.5 Å². The molecule has 0 unspecified atom stereocenters. The summed E-state index contributed by atoms with van der Waals surface area (Å²) in [7, 11) is 3.49. The monoisotopic (exact) mass is 422 g/mol. The molecule has 164 valence electrons. The number of hydrogen-bond donors (Lipinski definition) is 0. The molecule has 3 heterocycles. The number of benzene rings is 1. The minimum absolute atomic E-state index is 0.0147. The second-order valence-electron chi connectivity index (χ2n) is 8.44. The van der Waals surface area contributed by atoms with Crippen LogP contribution in [0.3, 0.4) is 0 Å². The van der Waals surface area contributed by atoms with Gasteiger partial charge in [-0.15, -0.1) is 0 Å². The molecule has 31 heavy (non-hydrogen) atoms. The van der Waals surface area contributed by atoms with E-state index in [-0.39, 0.29) is 17.9 Å². The van der Waals surface area contributed by atoms with Gasteiger partial charge < -0.3 is 14.1 Å². The van der Waals surface area contributed by atoms with Crippen LogP contribution >= 0.6 is 0 Å². The van der Waals surface area contributed by atoms with Gasteiger partial charge in [0.25, 0.3) is 5.91 Å². The third-order valence-corrected chi connectivity index (χ3v) is 5.84. The average molecular weight is 423 g/mol. The molecule has 7 heteroatoms. The molecule has 0 N–H and O–H groups in total. The summed E-state index contributed by atoms with van der Waals surface area (Å²) in [6.45, 7) is 4.85. The van der Waals surface area contributed by atoms with E-state index in [2.05, 4.69) is 23.9 Å². The maximum Gasteiger partial charge on any atom is 0.272 e. The van der Waals surface area contributed by atoms with Crippen molar-refractivity contribution >= 4 is 5.91 Å². The number of carbonyl (C=O) groups is 1. The number of nitrogens with zero attached hydrogens (tertiary/aromatic N) is 4. The van der Waals surface area contributed by atoms with E-state index in [0.717, 1.165) is 42.0 Å². The molecular formula is C24H30N4O3. The van der Waals surface area contributed by atoms with Crippen LogP contribution in [0.15, 0.2) is 40.9 Å². The average Bonchev–Trinajstić information content (AvgIpc) is 3.40. The van der Waals surface area contributed by atoms with Crippen molar-refractivity contribution in [3.05, 3.63) is 65.1 Å². The van der Waals surface area contributed by atoms with Crippen molar-refractivity contribution in [2.75, 3.05) is 13.7 Å². The Morgan fingerprint density at radius 1 is 1.29 bits per heavy atom. The van der Waals surface area contributed by atoms with Crippen molar-refractivity contribution in [2.45, 2.75) is 51.5 Å². The summed E-state index contributed by atoms with van der Waals surface area (Å²) >= 11 is 0. The quantitative estimate of drug-likeness (QED) is 0.585. The highest BCUT2D eigenvalue weighted by Crippen LogP contribution is 2.32. The first kappa shape index (κ1) is 21.2. The van der Waals surface area contributed by atoms with Gasteiger partial charge in [-0.25, -0.2) is 4.98 Å². The van der Waals surface area contributed by atoms with Crippen molar-refractivity contribution in [3.63, 3.8) is 0 Å². The third kappa shape index (κ3) is 4.50. The molecule has 7 nitrogen and oxygen atoms in total. The van der Waals surface area contributed by atoms with E-state index in [9.17, 15) is 4.79 Å². The second-order valence-corrected chi connectivity index (χ2v) is 8.44. The number of hydrogen-bond acceptors (Lipinski definition) is 5. The zero-order valence-corrected chi connectivity index (χ0v) is 18.7. The first-order valence-electron chi connectivity index (χ1n) is 10.9. The number of ether oxygens (including phenoxy) is 1. The Kier molecular flexibility index (Phi) is 6.11. The fourth-order valence-electron chi connectivity index (χ4n) is 4.09. The number of rotatable bonds is 6. The van der Waals surface area contributed by atoms with Gasteiger partial charge in [-0.05, 0) is 48.9 Å². The van der Waals surface area contributed by atoms with E-state index >= 15 is 0 Å². The molecule has 0 saturated carbocycles. The molecule has 0 aliphatic carbocycles. The molecule has 2 aromatic heterocycles. The van der Waals surface area contributed by atoms with Gasteiger partial charge in [0.05, 0.1) is 19.0 Å². The SMILES string of the molecule is COc1cccc(Cc2cnc([C@H]3CCCCN3C(=O)c3cc(C(C)C)nn3C)o2)c1. The summed E-state index contributed by atoms with van der Waals surface area (Å²) in [4.78, 5) is 19.8. The van der Waals surface area contributed by atoms with Crippen LogP contribution in [0.1, 0.15) is 78.5 Å². The van der Waals surface area contributed by atoms with E-state index in [0.29, 0.717) is 24.6 Å². The van der Waals surface area contributed by atoms with Crippen LogP contribution in [0.5, 0.6) is 5.75 Å². The maximum atomic E-state index is 13.4. The van der Waals surface area contributed by atoms with Crippen molar-refractivity contribution < 1.29 is 13.9 Å². The Morgan fingerprint density at radius 2 is 2.13 bits per heavy atom. The zero-order valence-electron chi connectivity index (χ0n) is 18.7. The Bertz CT molecular complexity index is 1050. The first-order valence-corrected chi connectivity index (χ1v) is 10.9. The van der Waals surface area contributed by atoms with Crippen molar-refractivity contribution in [1.82, 2.24) is 19.7 Å². The molecular weight excluding hydrogens is 392 g/mol. The molecule has 3 aromatic rings. The number of piperidine rings is 1. The van der Waals surface area contributed by atoms with Crippen LogP contribution in [-0.4, -0.2) is 39.2 Å². The number of carbonyl (C=O) groups excluding carboxylic acids is 1. The van der Waals surface area contributed by atoms with Crippen LogP contribution in [0, 0.1) is 0 Å². The highest BCUT2D eigenvalue weighted by Gasteiger charge is 2.33. The Balaban J connectivity index is 1.54. The van der Waals surface area contributed by atoms with Crippen molar-refractivity contribution in [2.24, 2.45) is 7.05 Å². The number of amides is 1. The molecule has 1 saturated heterocycles. The Hall–Kier alpha value is -3.09. The van der Waals surface area contributed by atoms with Gasteiger partial charge in [-0.1, -0.05) is 26.0 Å². The Labute approximate surface area is 183 Å². The standard InChI is InChI=1S/C24H30N4O3/c1-16(2)20-14-22(27(3)26-20)24(29)28-11-6-5-10-21(28)23-25-15-19(31-23)13-17-8-7-9-18(12-17)30-4/h7-9,12,14-16,21H,5-6,10-11,13H2,1-4H3/t21-/m1/s1. The van der Waals surface area contributed by atoms with E-state index in [1.807, 2.05) is 42.3 Å². The predicted molar refractivity (Wildman–Crippen MR) is 117 cm³/mol. The molecule has 1 atom stereocenters. The normalized spacial score (nSPS) is 16.7. The molecule has 1 fully saturated rings. The molecule has 0 radical (unpaired) electrons. The van der Waals surface area contributed by atoms with Crippen LogP contribution in [0.25, 0.3) is 0 Å². The van der Waals surface area contributed by atoms with Crippen molar-refractivity contribution in [3.8, 4) is 5.75 Å². The highest BCUT2D eigenvalue weighted by molar-refractivity contribution is 5.93. The fourth-order valence-corrected chi connectivity index (χ4v) is 4.09. The van der Waals surface area contributed by atoms with Gasteiger partial charge in [0.1, 0.15) is 23.2 Å². The van der Waals surface area contributed by atoms with Crippen LogP contribution < -0.4 is 4.74 Å². The van der Waals surface area contributed by atoms with Crippen LogP contribution in [0.2, 0.25) is 0 Å². The molecule has 1 aliphatic rings. The largest absolute Gasteiger partial charge is 0.497 e. The number of oxazole rings is 1. The number of aromatic nitrogens is 3. The molecule has 1 aliphatic heterocycles. The Morgan fingerprint density at radius 3 is 2.87 bits per heavy atom. The number of likely N-dealkylation sites (tertiary alicyclic amines) is 1. The van der Waals surface area contributed by atoms with Gasteiger partial charge in [0, 0.05) is 20.0 Å². The predicted octanol–water partition coefficient (Wildman–Crippen LogP) is 4.50. The topological polar surface area (TPSA) is 73.4 Å². The lowest BCUT2D eigenvalue weighted by Gasteiger charge is -2.33. The summed E-state index contributed by atoms with van der Waals surface area (Å²) in [6.07, 6.45) is 5.27. The number of methoxy groups -OCH3 is 1. The third-order valence-electron chi connectivity index (χ3n) is 5.84. The smallest absolute Gasteiger partial charge is 0.272 e. The molecule has 1 amide bonds. The summed E-state index contributed by atoms with van der Waals surface area (Å²) in [5.41, 5.74) is 2.63. The minimum Gasteiger partial charge on any atom is -0.497 e. The maximum absolute atomic E-state index is 13.4. The van der Waals surface area contributed by atoms with Gasteiger partial charge in [0.15, 0.2) is 0 Å². The van der Waals surface area contributed by atoms with E-state index in [4.69, 9.17) is 9.15 Å². The summed E-state index contributed by atoms with van der Waals surface area (Å²) in [5.74, 6) is 2.47. The lowest BCUT2D eigenvalue weighted by Crippen LogP contribution is -2.39. The van der Waals surface area contributed by atoms with E-state index < -0.39 is 0 Å². The van der Waals surface area contributed by atoms with Gasteiger partial charge in [-0.2, -0.15) is 5.10 Å². The number of aryl methyl sites for hydroxylation is 1. The second kappa shape index (κ2) is 8.96. The van der Waals surface area contributed by atoms with E-state index in [1.165, 1.54) is 0 Å². The summed E-state index contributed by atoms with van der Waals surface area (Å²) in [6, 6.07) is 9.67. The van der Waals surface area contributed by atoms with Gasteiger partial charge in [-0.3, -0.25) is 9.48 Å². The fraction of sp³-hybridized carbons (Fsp3) is 0.458. The van der Waals surface area contributed by atoms with E-state index in [1.54, 1.807) is 18.0 Å².